The lowest BCUT2D eigenvalue weighted by Crippen LogP contribution is -2.48. The van der Waals surface area contributed by atoms with Gasteiger partial charge in [0, 0.05) is 27.5 Å². The molecule has 1 saturated heterocycles. The molecule has 0 N–H and O–H groups in total. The summed E-state index contributed by atoms with van der Waals surface area (Å²) in [5, 5.41) is 0. The molecule has 1 fully saturated rings. The summed E-state index contributed by atoms with van der Waals surface area (Å²) in [7, 11) is -0.875. The van der Waals surface area contributed by atoms with Crippen molar-refractivity contribution in [1.29, 1.82) is 0 Å². The van der Waals surface area contributed by atoms with E-state index in [0.717, 1.165) is 11.3 Å². The van der Waals surface area contributed by atoms with E-state index < -0.39 is 10.8 Å². The molecule has 3 heteroatoms. The van der Waals surface area contributed by atoms with Crippen molar-refractivity contribution in [3.05, 3.63) is 29.8 Å². The molecule has 1 aromatic rings. The third-order valence-corrected chi connectivity index (χ3v) is 5.04. The highest BCUT2D eigenvalue weighted by atomic mass is 32.2. The Labute approximate surface area is 119 Å². The van der Waals surface area contributed by atoms with E-state index in [1.807, 2.05) is 12.1 Å². The number of benzene rings is 1. The van der Waals surface area contributed by atoms with Crippen molar-refractivity contribution in [3.63, 3.8) is 0 Å². The average molecular weight is 279 g/mol. The lowest BCUT2D eigenvalue weighted by atomic mass is 9.91. The Balaban J connectivity index is 2.04. The summed E-state index contributed by atoms with van der Waals surface area (Å²) < 4.78 is 11.4. The third-order valence-electron chi connectivity index (χ3n) is 4.10. The Morgan fingerprint density at radius 3 is 2.21 bits per heavy atom. The highest BCUT2D eigenvalue weighted by Crippen LogP contribution is 2.24. The van der Waals surface area contributed by atoms with Crippen molar-refractivity contribution >= 4 is 10.8 Å². The van der Waals surface area contributed by atoms with Gasteiger partial charge in [0.2, 0.25) is 0 Å². The molecule has 1 atom stereocenters. The van der Waals surface area contributed by atoms with E-state index in [-0.39, 0.29) is 5.54 Å². The molecule has 1 aliphatic rings. The van der Waals surface area contributed by atoms with Crippen LogP contribution in [-0.4, -0.2) is 34.0 Å². The van der Waals surface area contributed by atoms with E-state index in [9.17, 15) is 4.21 Å². The molecular weight excluding hydrogens is 254 g/mol. The molecule has 0 aliphatic carbocycles. The zero-order chi connectivity index (χ0) is 13.9. The molecule has 106 valence electrons. The maximum atomic E-state index is 11.4. The van der Waals surface area contributed by atoms with Crippen molar-refractivity contribution in [1.82, 2.24) is 4.90 Å². The van der Waals surface area contributed by atoms with Crippen LogP contribution in [0.1, 0.15) is 38.7 Å². The Hall–Kier alpha value is -0.670. The molecule has 19 heavy (non-hydrogen) atoms. The van der Waals surface area contributed by atoms with Gasteiger partial charge in [0.15, 0.2) is 0 Å². The summed E-state index contributed by atoms with van der Waals surface area (Å²) in [5.74, 6) is 0. The first-order valence-corrected chi connectivity index (χ1v) is 8.72. The monoisotopic (exact) mass is 279 g/mol. The first kappa shape index (κ1) is 14.7. The van der Waals surface area contributed by atoms with Crippen molar-refractivity contribution in [2.45, 2.75) is 50.0 Å². The molecule has 1 aromatic carbocycles. The van der Waals surface area contributed by atoms with Crippen LogP contribution < -0.4 is 0 Å². The minimum Gasteiger partial charge on any atom is -0.298 e. The first-order valence-electron chi connectivity index (χ1n) is 7.16. The maximum absolute atomic E-state index is 11.4. The number of rotatable bonds is 4. The second kappa shape index (κ2) is 6.19. The zero-order valence-corrected chi connectivity index (χ0v) is 13.1. The fourth-order valence-corrected chi connectivity index (χ4v) is 3.43. The van der Waals surface area contributed by atoms with E-state index in [1.165, 1.54) is 37.9 Å². The number of piperidine rings is 1. The van der Waals surface area contributed by atoms with E-state index in [4.69, 9.17) is 0 Å². The molecule has 2 rings (SSSR count). The minimum absolute atomic E-state index is 0.216. The average Bonchev–Trinajstić information content (AvgIpc) is 2.40. The van der Waals surface area contributed by atoms with Gasteiger partial charge in [-0.15, -0.1) is 0 Å². The molecule has 0 saturated carbocycles. The van der Waals surface area contributed by atoms with Crippen LogP contribution in [0.25, 0.3) is 0 Å². The number of nitrogens with zero attached hydrogens (tertiary/aromatic N) is 1. The van der Waals surface area contributed by atoms with Crippen molar-refractivity contribution in [2.75, 3.05) is 19.3 Å². The van der Waals surface area contributed by atoms with Crippen LogP contribution in [0.2, 0.25) is 0 Å². The van der Waals surface area contributed by atoms with Crippen LogP contribution >= 0.6 is 0 Å². The normalized spacial score (nSPS) is 19.3. The molecule has 0 bridgehead atoms. The predicted octanol–water partition coefficient (Wildman–Crippen LogP) is 3.23. The summed E-state index contributed by atoms with van der Waals surface area (Å²) in [6.07, 6.45) is 6.83. The molecule has 0 radical (unpaired) electrons. The molecule has 0 amide bonds. The number of hydrogen-bond donors (Lipinski definition) is 0. The Morgan fingerprint density at radius 1 is 1.11 bits per heavy atom. The van der Waals surface area contributed by atoms with Crippen LogP contribution in [0.3, 0.4) is 0 Å². The highest BCUT2D eigenvalue weighted by molar-refractivity contribution is 7.84. The van der Waals surface area contributed by atoms with Crippen LogP contribution in [0, 0.1) is 0 Å². The SMILES string of the molecule is CS(=O)c1ccc(CC(C)(C)N2CCCCC2)cc1. The lowest BCUT2D eigenvalue weighted by molar-refractivity contribution is 0.0956. The van der Waals surface area contributed by atoms with Gasteiger partial charge in [-0.05, 0) is 63.9 Å². The van der Waals surface area contributed by atoms with Gasteiger partial charge in [0.1, 0.15) is 0 Å². The van der Waals surface area contributed by atoms with Gasteiger partial charge in [-0.3, -0.25) is 9.11 Å². The third kappa shape index (κ3) is 3.90. The van der Waals surface area contributed by atoms with Gasteiger partial charge < -0.3 is 0 Å². The standard InChI is InChI=1S/C16H25NOS/c1-16(2,17-11-5-4-6-12-17)13-14-7-9-15(10-8-14)19(3)18/h7-10H,4-6,11-13H2,1-3H3. The fraction of sp³-hybridized carbons (Fsp3) is 0.625. The quantitative estimate of drug-likeness (QED) is 0.843. The molecule has 0 aromatic heterocycles. The fourth-order valence-electron chi connectivity index (χ4n) is 2.91. The van der Waals surface area contributed by atoms with Gasteiger partial charge in [-0.1, -0.05) is 18.6 Å². The number of hydrogen-bond acceptors (Lipinski definition) is 2. The Kier molecular flexibility index (Phi) is 4.80. The predicted molar refractivity (Wildman–Crippen MR) is 82.0 cm³/mol. The van der Waals surface area contributed by atoms with Gasteiger partial charge in [0.05, 0.1) is 0 Å². The maximum Gasteiger partial charge on any atom is 0.0498 e. The van der Waals surface area contributed by atoms with Crippen LogP contribution in [0.4, 0.5) is 0 Å². The Bertz CT molecular complexity index is 433. The second-order valence-corrected chi connectivity index (χ2v) is 7.51. The largest absolute Gasteiger partial charge is 0.298 e. The van der Waals surface area contributed by atoms with E-state index >= 15 is 0 Å². The van der Waals surface area contributed by atoms with Crippen LogP contribution in [-0.2, 0) is 17.2 Å². The topological polar surface area (TPSA) is 20.3 Å². The summed E-state index contributed by atoms with van der Waals surface area (Å²) in [6, 6.07) is 8.25. The van der Waals surface area contributed by atoms with Gasteiger partial charge in [0.25, 0.3) is 0 Å². The first-order chi connectivity index (χ1) is 8.99. The van der Waals surface area contributed by atoms with Crippen LogP contribution in [0.5, 0.6) is 0 Å². The van der Waals surface area contributed by atoms with Crippen LogP contribution in [0.15, 0.2) is 29.2 Å². The summed E-state index contributed by atoms with van der Waals surface area (Å²) in [5.41, 5.74) is 1.55. The minimum atomic E-state index is -0.875. The molecule has 1 unspecified atom stereocenters. The van der Waals surface area contributed by atoms with Gasteiger partial charge in [-0.2, -0.15) is 0 Å². The van der Waals surface area contributed by atoms with Crippen molar-refractivity contribution in [3.8, 4) is 0 Å². The molecular formula is C16H25NOS. The lowest BCUT2D eigenvalue weighted by Gasteiger charge is -2.41. The van der Waals surface area contributed by atoms with E-state index in [0.29, 0.717) is 0 Å². The number of likely N-dealkylation sites (tertiary alicyclic amines) is 1. The smallest absolute Gasteiger partial charge is 0.0498 e. The Morgan fingerprint density at radius 2 is 1.68 bits per heavy atom. The molecule has 0 spiro atoms. The van der Waals surface area contributed by atoms with E-state index in [1.54, 1.807) is 6.26 Å². The molecule has 1 aliphatic heterocycles. The van der Waals surface area contributed by atoms with E-state index in [2.05, 4.69) is 30.9 Å². The summed E-state index contributed by atoms with van der Waals surface area (Å²) in [4.78, 5) is 3.53. The zero-order valence-electron chi connectivity index (χ0n) is 12.3. The summed E-state index contributed by atoms with van der Waals surface area (Å²) >= 11 is 0. The van der Waals surface area contributed by atoms with Gasteiger partial charge in [-0.25, -0.2) is 0 Å². The second-order valence-electron chi connectivity index (χ2n) is 6.13. The molecule has 2 nitrogen and oxygen atoms in total. The van der Waals surface area contributed by atoms with Crippen molar-refractivity contribution < 1.29 is 4.21 Å². The molecule has 1 heterocycles. The van der Waals surface area contributed by atoms with Crippen molar-refractivity contribution in [2.24, 2.45) is 0 Å². The summed E-state index contributed by atoms with van der Waals surface area (Å²) in [6.45, 7) is 7.13. The van der Waals surface area contributed by atoms with Gasteiger partial charge >= 0.3 is 0 Å². The highest BCUT2D eigenvalue weighted by Gasteiger charge is 2.27.